The average Bonchev–Trinajstić information content (AvgIpc) is 3.37. The molecule has 0 saturated heterocycles. The average molecular weight is 480 g/mol. The molecule has 0 saturated carbocycles. The van der Waals surface area contributed by atoms with Gasteiger partial charge in [0.15, 0.2) is 0 Å². The van der Waals surface area contributed by atoms with Crippen molar-refractivity contribution in [2.45, 2.75) is 6.54 Å². The van der Waals surface area contributed by atoms with Gasteiger partial charge in [-0.05, 0) is 24.3 Å². The molecule has 164 valence electrons. The van der Waals surface area contributed by atoms with Crippen molar-refractivity contribution in [3.8, 4) is 22.4 Å². The van der Waals surface area contributed by atoms with Crippen molar-refractivity contribution < 1.29 is 9.59 Å². The minimum absolute atomic E-state index is 0.0323. The predicted octanol–water partition coefficient (Wildman–Crippen LogP) is 3.30. The molecule has 4 N–H and O–H groups in total. The molecular weight excluding hydrogens is 465 g/mol. The molecule has 0 radical (unpaired) electrons. The molecule has 4 heterocycles. The highest BCUT2D eigenvalue weighted by Gasteiger charge is 2.23. The highest BCUT2D eigenvalue weighted by Crippen LogP contribution is 2.37. The minimum atomic E-state index is -0.676. The number of carbonyl (C=O) groups excluding carboxylic acids is 2. The molecule has 11 heteroatoms. The Kier molecular flexibility index (Phi) is 4.99. The Balaban J connectivity index is 1.75. The lowest BCUT2D eigenvalue weighted by Gasteiger charge is -2.06. The van der Waals surface area contributed by atoms with E-state index >= 15 is 0 Å². The third kappa shape index (κ3) is 3.57. The number of amides is 2. The minimum Gasteiger partial charge on any atom is -0.368 e. The molecule has 0 aliphatic heterocycles. The summed E-state index contributed by atoms with van der Waals surface area (Å²) in [5.74, 6) is -1.17. The van der Waals surface area contributed by atoms with Crippen LogP contribution in [0.2, 0.25) is 10.0 Å². The van der Waals surface area contributed by atoms with Crippen LogP contribution in [-0.2, 0) is 11.3 Å². The fourth-order valence-electron chi connectivity index (χ4n) is 3.75. The third-order valence-corrected chi connectivity index (χ3v) is 5.80. The highest BCUT2D eigenvalue weighted by atomic mass is 35.5. The van der Waals surface area contributed by atoms with Crippen LogP contribution in [0.15, 0.2) is 55.1 Å². The SMILES string of the molecule is NC(=O)Cn1cc(-c2cnc3ccn4c(C(N)=O)c(-c5c(Cl)cccc5Cl)nc4c3c2)cn1. The fraction of sp³-hybridized carbons (Fsp3) is 0.0455. The molecule has 0 unspecified atom stereocenters. The molecule has 4 aromatic heterocycles. The van der Waals surface area contributed by atoms with Crippen molar-refractivity contribution >= 4 is 51.6 Å². The summed E-state index contributed by atoms with van der Waals surface area (Å²) in [5.41, 5.74) is 14.4. The lowest BCUT2D eigenvalue weighted by Crippen LogP contribution is -2.18. The van der Waals surface area contributed by atoms with Crippen molar-refractivity contribution in [2.75, 3.05) is 0 Å². The zero-order valence-electron chi connectivity index (χ0n) is 16.9. The number of carbonyl (C=O) groups is 2. The second-order valence-electron chi connectivity index (χ2n) is 7.33. The van der Waals surface area contributed by atoms with Crippen LogP contribution in [0, 0.1) is 0 Å². The maximum atomic E-state index is 12.4. The van der Waals surface area contributed by atoms with Gasteiger partial charge in [0.1, 0.15) is 23.6 Å². The van der Waals surface area contributed by atoms with Crippen LogP contribution in [0.3, 0.4) is 0 Å². The van der Waals surface area contributed by atoms with Crippen LogP contribution in [0.4, 0.5) is 0 Å². The Labute approximate surface area is 196 Å². The molecule has 5 aromatic rings. The van der Waals surface area contributed by atoms with Crippen molar-refractivity contribution in [1.29, 1.82) is 0 Å². The maximum absolute atomic E-state index is 12.4. The van der Waals surface area contributed by atoms with E-state index in [4.69, 9.17) is 39.7 Å². The van der Waals surface area contributed by atoms with Gasteiger partial charge in [0, 0.05) is 40.7 Å². The number of hydrogen-bond acceptors (Lipinski definition) is 5. The molecule has 0 aliphatic rings. The van der Waals surface area contributed by atoms with Crippen molar-refractivity contribution in [1.82, 2.24) is 24.1 Å². The van der Waals surface area contributed by atoms with Crippen LogP contribution in [0.5, 0.6) is 0 Å². The number of aromatic nitrogens is 5. The van der Waals surface area contributed by atoms with E-state index in [1.807, 2.05) is 6.07 Å². The van der Waals surface area contributed by atoms with Gasteiger partial charge in [0.25, 0.3) is 5.91 Å². The molecule has 0 aliphatic carbocycles. The first-order valence-electron chi connectivity index (χ1n) is 9.69. The van der Waals surface area contributed by atoms with Gasteiger partial charge in [0.05, 0.1) is 21.8 Å². The molecule has 33 heavy (non-hydrogen) atoms. The Morgan fingerprint density at radius 1 is 1.03 bits per heavy atom. The van der Waals surface area contributed by atoms with Gasteiger partial charge in [-0.2, -0.15) is 5.10 Å². The van der Waals surface area contributed by atoms with Gasteiger partial charge in [-0.15, -0.1) is 0 Å². The van der Waals surface area contributed by atoms with E-state index in [1.165, 1.54) is 4.68 Å². The van der Waals surface area contributed by atoms with Crippen LogP contribution in [-0.4, -0.2) is 36.0 Å². The Morgan fingerprint density at radius 2 is 1.79 bits per heavy atom. The topological polar surface area (TPSA) is 134 Å². The number of primary amides is 2. The fourth-order valence-corrected chi connectivity index (χ4v) is 4.33. The van der Waals surface area contributed by atoms with Gasteiger partial charge in [-0.25, -0.2) is 4.98 Å². The van der Waals surface area contributed by atoms with Crippen LogP contribution < -0.4 is 11.5 Å². The van der Waals surface area contributed by atoms with Crippen molar-refractivity contribution in [3.05, 3.63) is 70.9 Å². The Bertz CT molecular complexity index is 1570. The second kappa shape index (κ2) is 7.88. The van der Waals surface area contributed by atoms with E-state index in [-0.39, 0.29) is 17.9 Å². The van der Waals surface area contributed by atoms with E-state index < -0.39 is 11.8 Å². The monoisotopic (exact) mass is 479 g/mol. The molecule has 0 atom stereocenters. The maximum Gasteiger partial charge on any atom is 0.268 e. The summed E-state index contributed by atoms with van der Waals surface area (Å²) in [6, 6.07) is 8.67. The summed E-state index contributed by atoms with van der Waals surface area (Å²) < 4.78 is 3.04. The van der Waals surface area contributed by atoms with Gasteiger partial charge < -0.3 is 11.5 Å². The number of hydrogen-bond donors (Lipinski definition) is 2. The molecule has 0 bridgehead atoms. The van der Waals surface area contributed by atoms with E-state index in [1.54, 1.807) is 53.5 Å². The van der Waals surface area contributed by atoms with E-state index in [0.29, 0.717) is 32.2 Å². The molecule has 9 nitrogen and oxygen atoms in total. The van der Waals surface area contributed by atoms with Gasteiger partial charge in [0.2, 0.25) is 5.91 Å². The molecule has 1 aromatic carbocycles. The van der Waals surface area contributed by atoms with Crippen molar-refractivity contribution in [3.63, 3.8) is 0 Å². The number of fused-ring (bicyclic) bond motifs is 3. The molecule has 2 amide bonds. The van der Waals surface area contributed by atoms with Crippen LogP contribution >= 0.6 is 23.2 Å². The number of imidazole rings is 1. The van der Waals surface area contributed by atoms with Crippen LogP contribution in [0.25, 0.3) is 38.9 Å². The number of halogens is 2. The lowest BCUT2D eigenvalue weighted by atomic mass is 10.1. The standard InChI is InChI=1S/C22H15Cl2N7O2/c23-14-2-1-3-15(24)18(14)19-20(21(26)33)31-5-4-16-13(22(31)29-19)6-11(7-27-16)12-8-28-30(9-12)10-17(25)32/h1-9H,10H2,(H2,25,32)(H2,26,33). The number of nitrogens with two attached hydrogens (primary N) is 2. The van der Waals surface area contributed by atoms with Gasteiger partial charge >= 0.3 is 0 Å². The second-order valence-corrected chi connectivity index (χ2v) is 8.14. The number of pyridine rings is 2. The zero-order valence-corrected chi connectivity index (χ0v) is 18.4. The largest absolute Gasteiger partial charge is 0.368 e. The molecule has 0 fully saturated rings. The first-order chi connectivity index (χ1) is 15.8. The molecule has 5 rings (SSSR count). The zero-order chi connectivity index (χ0) is 23.3. The molecular formula is C22H15Cl2N7O2. The predicted molar refractivity (Wildman–Crippen MR) is 125 cm³/mol. The summed E-state index contributed by atoms with van der Waals surface area (Å²) in [7, 11) is 0. The quantitative estimate of drug-likeness (QED) is 0.398. The van der Waals surface area contributed by atoms with Gasteiger partial charge in [-0.1, -0.05) is 29.3 Å². The van der Waals surface area contributed by atoms with Gasteiger partial charge in [-0.3, -0.25) is 23.7 Å². The number of nitrogens with zero attached hydrogens (tertiary/aromatic N) is 5. The van der Waals surface area contributed by atoms with Crippen molar-refractivity contribution in [2.24, 2.45) is 11.5 Å². The highest BCUT2D eigenvalue weighted by molar-refractivity contribution is 6.39. The Hall–Kier alpha value is -3.95. The summed E-state index contributed by atoms with van der Waals surface area (Å²) >= 11 is 12.8. The Morgan fingerprint density at radius 3 is 2.48 bits per heavy atom. The van der Waals surface area contributed by atoms with Crippen LogP contribution in [0.1, 0.15) is 10.5 Å². The normalized spacial score (nSPS) is 11.3. The molecule has 0 spiro atoms. The first-order valence-corrected chi connectivity index (χ1v) is 10.4. The smallest absolute Gasteiger partial charge is 0.268 e. The lowest BCUT2D eigenvalue weighted by molar-refractivity contribution is -0.118. The summed E-state index contributed by atoms with van der Waals surface area (Å²) in [6.07, 6.45) is 6.68. The summed E-state index contributed by atoms with van der Waals surface area (Å²) in [5, 5.41) is 5.52. The summed E-state index contributed by atoms with van der Waals surface area (Å²) in [6.45, 7) is -0.0323. The summed E-state index contributed by atoms with van der Waals surface area (Å²) in [4.78, 5) is 32.8. The first kappa shape index (κ1) is 20.9. The van der Waals surface area contributed by atoms with E-state index in [2.05, 4.69) is 10.1 Å². The number of benzene rings is 1. The van der Waals surface area contributed by atoms with E-state index in [9.17, 15) is 9.59 Å². The third-order valence-electron chi connectivity index (χ3n) is 5.17. The van der Waals surface area contributed by atoms with E-state index in [0.717, 1.165) is 11.1 Å². The number of rotatable bonds is 5.